The van der Waals surface area contributed by atoms with Crippen molar-refractivity contribution in [2.24, 2.45) is 10.1 Å². The van der Waals surface area contributed by atoms with Gasteiger partial charge in [-0.25, -0.2) is 21.6 Å². The second-order valence-electron chi connectivity index (χ2n) is 4.74. The largest absolute Gasteiger partial charge is 1.00 e. The first-order valence-corrected chi connectivity index (χ1v) is 8.96. The molecule has 0 aliphatic carbocycles. The van der Waals surface area contributed by atoms with Gasteiger partial charge >= 0.3 is 35.6 Å². The van der Waals surface area contributed by atoms with Crippen LogP contribution in [0.25, 0.3) is 0 Å². The van der Waals surface area contributed by atoms with Gasteiger partial charge in [0, 0.05) is 6.54 Å². The number of hydroxylamine groups is 2. The third kappa shape index (κ3) is 4.53. The van der Waals surface area contributed by atoms with Crippen molar-refractivity contribution in [3.8, 4) is 0 Å². The van der Waals surface area contributed by atoms with Crippen LogP contribution >= 0.6 is 0 Å². The molecule has 0 spiro atoms. The summed E-state index contributed by atoms with van der Waals surface area (Å²) in [4.78, 5) is 13.1. The Bertz CT molecular complexity index is 691. The number of rotatable bonds is 4. The fraction of sp³-hybridized carbons (Fsp3) is 0.750. The van der Waals surface area contributed by atoms with Crippen LogP contribution < -0.4 is 35.3 Å². The number of sulfonamides is 1. The van der Waals surface area contributed by atoms with Crippen molar-refractivity contribution in [2.75, 3.05) is 12.8 Å². The van der Waals surface area contributed by atoms with Crippen molar-refractivity contribution in [1.29, 1.82) is 0 Å². The summed E-state index contributed by atoms with van der Waals surface area (Å²) >= 11 is 0. The molecule has 2 bridgehead atoms. The first-order valence-electron chi connectivity index (χ1n) is 5.78. The quantitative estimate of drug-likeness (QED) is 0.170. The van der Waals surface area contributed by atoms with Crippen LogP contribution in [0, 0.1) is 0 Å². The molecule has 0 aromatic rings. The van der Waals surface area contributed by atoms with E-state index < -0.39 is 38.5 Å². The van der Waals surface area contributed by atoms with Crippen LogP contribution in [0.1, 0.15) is 12.8 Å². The van der Waals surface area contributed by atoms with E-state index in [0.717, 1.165) is 11.2 Å². The molecule has 2 N–H and O–H groups in total. The second kappa shape index (κ2) is 6.59. The molecule has 2 rings (SSSR count). The van der Waals surface area contributed by atoms with E-state index in [0.29, 0.717) is 11.5 Å². The molecule has 2 saturated heterocycles. The standard InChI is InChI=1S/C8H14N4O7S2.Na/c1-20(14,15)10-7(9)6-3-2-5-4-11(6)8(13)12(5)19-21(16,17)18;/h5-6H,2-4H2,1H3,(H2,9,10)(H,16,17,18);/q;+1/p-1/t5-,6+;/m1./s1. The van der Waals surface area contributed by atoms with Crippen molar-refractivity contribution in [3.63, 3.8) is 0 Å². The molecule has 22 heavy (non-hydrogen) atoms. The topological polar surface area (TPSA) is 162 Å². The Labute approximate surface area is 149 Å². The molecular formula is C8H13N4NaO7S2. The van der Waals surface area contributed by atoms with Gasteiger partial charge in [-0.1, -0.05) is 0 Å². The van der Waals surface area contributed by atoms with Crippen molar-refractivity contribution < 1.29 is 60.0 Å². The third-order valence-electron chi connectivity index (χ3n) is 3.11. The number of nitrogens with zero attached hydrogens (tertiary/aromatic N) is 3. The van der Waals surface area contributed by atoms with Crippen LogP contribution in [0.2, 0.25) is 0 Å². The number of fused-ring (bicyclic) bond motifs is 2. The Balaban J connectivity index is 0.00000242. The summed E-state index contributed by atoms with van der Waals surface area (Å²) in [6.45, 7) is 0.0685. The number of urea groups is 1. The van der Waals surface area contributed by atoms with Gasteiger partial charge in [0.2, 0.25) is 10.4 Å². The van der Waals surface area contributed by atoms with Gasteiger partial charge in [-0.15, -0.1) is 4.40 Å². The van der Waals surface area contributed by atoms with E-state index in [-0.39, 0.29) is 48.4 Å². The Kier molecular flexibility index (Phi) is 5.87. The average Bonchev–Trinajstić information content (AvgIpc) is 2.51. The molecule has 0 saturated carbocycles. The molecule has 0 aromatic heterocycles. The number of carbonyl (C=O) groups excluding carboxylic acids is 1. The molecule has 0 aromatic carbocycles. The summed E-state index contributed by atoms with van der Waals surface area (Å²) in [6.07, 6.45) is 1.43. The van der Waals surface area contributed by atoms with Gasteiger partial charge < -0.3 is 15.2 Å². The zero-order valence-electron chi connectivity index (χ0n) is 11.9. The minimum absolute atomic E-state index is 0. The van der Waals surface area contributed by atoms with Crippen molar-refractivity contribution in [3.05, 3.63) is 0 Å². The Morgan fingerprint density at radius 1 is 1.36 bits per heavy atom. The van der Waals surface area contributed by atoms with Crippen molar-refractivity contribution in [1.82, 2.24) is 9.96 Å². The normalized spacial score (nSPS) is 26.1. The minimum Gasteiger partial charge on any atom is -0.724 e. The maximum Gasteiger partial charge on any atom is 1.00 e. The molecule has 2 atom stereocenters. The fourth-order valence-corrected chi connectivity index (χ4v) is 3.28. The third-order valence-corrected chi connectivity index (χ3v) is 3.99. The second-order valence-corrected chi connectivity index (χ2v) is 7.35. The zero-order valence-corrected chi connectivity index (χ0v) is 15.5. The van der Waals surface area contributed by atoms with Gasteiger partial charge in [0.1, 0.15) is 5.84 Å². The Hall–Kier alpha value is -0.440. The first-order chi connectivity index (χ1) is 9.48. The van der Waals surface area contributed by atoms with Gasteiger partial charge in [0.15, 0.2) is 0 Å². The minimum atomic E-state index is -5.07. The van der Waals surface area contributed by atoms with E-state index in [2.05, 4.69) is 8.68 Å². The number of piperidine rings is 1. The number of hydrogen-bond acceptors (Lipinski definition) is 7. The fourth-order valence-electron chi connectivity index (χ4n) is 2.39. The molecule has 2 fully saturated rings. The van der Waals surface area contributed by atoms with Gasteiger partial charge in [-0.05, 0) is 12.8 Å². The Morgan fingerprint density at radius 3 is 2.45 bits per heavy atom. The maximum atomic E-state index is 12.0. The Morgan fingerprint density at radius 2 is 1.95 bits per heavy atom. The number of hydrogen-bond donors (Lipinski definition) is 1. The smallest absolute Gasteiger partial charge is 0.724 e. The van der Waals surface area contributed by atoms with E-state index in [1.54, 1.807) is 0 Å². The SMILES string of the molecule is CS(=O)(=O)N=C(N)[C@@H]1CC[C@@H]2CN1C(=O)N2OS(=O)(=O)[O-].[Na+]. The summed E-state index contributed by atoms with van der Waals surface area (Å²) in [6, 6.07) is -2.26. The van der Waals surface area contributed by atoms with Crippen LogP contribution in [-0.2, 0) is 24.7 Å². The molecule has 0 radical (unpaired) electrons. The summed E-state index contributed by atoms with van der Waals surface area (Å²) in [5, 5.41) is 0.482. The summed E-state index contributed by atoms with van der Waals surface area (Å²) in [5.74, 6) is -0.267. The van der Waals surface area contributed by atoms with E-state index >= 15 is 0 Å². The van der Waals surface area contributed by atoms with Gasteiger partial charge in [-0.3, -0.25) is 0 Å². The van der Waals surface area contributed by atoms with Crippen LogP contribution in [-0.4, -0.2) is 68.1 Å². The maximum absolute atomic E-state index is 12.0. The molecular weight excluding hydrogens is 351 g/mol. The zero-order chi connectivity index (χ0) is 16.0. The van der Waals surface area contributed by atoms with Gasteiger partial charge in [0.05, 0.1) is 18.3 Å². The predicted octanol–water partition coefficient (Wildman–Crippen LogP) is -5.03. The van der Waals surface area contributed by atoms with Crippen molar-refractivity contribution >= 4 is 32.3 Å². The summed E-state index contributed by atoms with van der Waals surface area (Å²) in [7, 11) is -8.79. The number of amides is 2. The van der Waals surface area contributed by atoms with Gasteiger partial charge in [0.25, 0.3) is 10.0 Å². The van der Waals surface area contributed by atoms with Crippen LogP contribution in [0.15, 0.2) is 4.40 Å². The molecule has 2 amide bonds. The monoisotopic (exact) mass is 364 g/mol. The number of nitrogens with two attached hydrogens (primary N) is 1. The molecule has 14 heteroatoms. The molecule has 120 valence electrons. The van der Waals surface area contributed by atoms with E-state index in [4.69, 9.17) is 5.73 Å². The number of amidine groups is 1. The van der Waals surface area contributed by atoms with Crippen molar-refractivity contribution in [2.45, 2.75) is 24.9 Å². The summed E-state index contributed by atoms with van der Waals surface area (Å²) in [5.41, 5.74) is 5.59. The molecule has 0 unspecified atom stereocenters. The van der Waals surface area contributed by atoms with E-state index in [1.165, 1.54) is 0 Å². The molecule has 2 heterocycles. The molecule has 2 aliphatic heterocycles. The van der Waals surface area contributed by atoms with Gasteiger partial charge in [-0.2, -0.15) is 9.35 Å². The van der Waals surface area contributed by atoms with E-state index in [1.807, 2.05) is 0 Å². The molecule has 11 nitrogen and oxygen atoms in total. The predicted molar refractivity (Wildman–Crippen MR) is 68.0 cm³/mol. The molecule has 2 aliphatic rings. The number of carbonyl (C=O) groups is 1. The van der Waals surface area contributed by atoms with Crippen LogP contribution in [0.4, 0.5) is 4.79 Å². The van der Waals surface area contributed by atoms with Crippen LogP contribution in [0.3, 0.4) is 0 Å². The van der Waals surface area contributed by atoms with Crippen LogP contribution in [0.5, 0.6) is 0 Å². The average molecular weight is 364 g/mol. The first kappa shape index (κ1) is 19.6. The summed E-state index contributed by atoms with van der Waals surface area (Å²) < 4.78 is 61.4. The van der Waals surface area contributed by atoms with E-state index in [9.17, 15) is 26.2 Å².